The van der Waals surface area contributed by atoms with Crippen molar-refractivity contribution in [3.05, 3.63) is 65.7 Å². The molecule has 1 heterocycles. The number of imide groups is 1. The summed E-state index contributed by atoms with van der Waals surface area (Å²) in [5.74, 6) is -0.771. The van der Waals surface area contributed by atoms with Gasteiger partial charge in [0.1, 0.15) is 0 Å². The Morgan fingerprint density at radius 3 is 2.18 bits per heavy atom. The van der Waals surface area contributed by atoms with Crippen LogP contribution >= 0.6 is 0 Å². The van der Waals surface area contributed by atoms with Crippen molar-refractivity contribution in [2.24, 2.45) is 10.2 Å². The first-order chi connectivity index (χ1) is 15.3. The normalized spacial score (nSPS) is 13.2. The molecule has 0 aromatic heterocycles. The quantitative estimate of drug-likeness (QED) is 0.299. The Labute approximate surface area is 204 Å². The van der Waals surface area contributed by atoms with E-state index in [-0.39, 0.29) is 28.8 Å². The Kier molecular flexibility index (Phi) is 7.29. The zero-order chi connectivity index (χ0) is 22.9. The van der Waals surface area contributed by atoms with Crippen molar-refractivity contribution >= 4 is 39.6 Å². The number of nitrogens with one attached hydrogen (secondary N) is 1. The number of halogens is 1. The molecule has 0 fully saturated rings. The molecule has 0 saturated carbocycles. The number of hydrogen-bond acceptors (Lipinski definition) is 5. The van der Waals surface area contributed by atoms with Gasteiger partial charge in [-0.3, -0.25) is 14.9 Å². The Hall–Kier alpha value is -3.10. The van der Waals surface area contributed by atoms with E-state index in [1.807, 2.05) is 18.2 Å². The Morgan fingerprint density at radius 2 is 1.55 bits per heavy atom. The van der Waals surface area contributed by atoms with Crippen LogP contribution in [0.25, 0.3) is 10.8 Å². The Balaban J connectivity index is 0.00000306. The van der Waals surface area contributed by atoms with Crippen molar-refractivity contribution in [2.45, 2.75) is 6.92 Å². The summed E-state index contributed by atoms with van der Waals surface area (Å²) in [7, 11) is 6.59. The van der Waals surface area contributed by atoms with Gasteiger partial charge in [0, 0.05) is 34.1 Å². The fourth-order valence-electron chi connectivity index (χ4n) is 3.83. The van der Waals surface area contributed by atoms with Crippen LogP contribution in [-0.2, 0) is 0 Å². The maximum Gasteiger partial charge on any atom is 0.258 e. The molecule has 33 heavy (non-hydrogen) atoms. The van der Waals surface area contributed by atoms with Gasteiger partial charge >= 0.3 is 0 Å². The van der Waals surface area contributed by atoms with Crippen molar-refractivity contribution in [2.75, 3.05) is 45.7 Å². The third-order valence-corrected chi connectivity index (χ3v) is 5.64. The molecule has 3 aromatic carbocycles. The van der Waals surface area contributed by atoms with Crippen molar-refractivity contribution < 1.29 is 31.1 Å². The fourth-order valence-corrected chi connectivity index (χ4v) is 3.83. The van der Waals surface area contributed by atoms with E-state index in [0.717, 1.165) is 40.9 Å². The lowest BCUT2D eigenvalue weighted by Crippen LogP contribution is -3.00. The Bertz CT molecular complexity index is 1200. The molecule has 8 heteroatoms. The lowest BCUT2D eigenvalue weighted by molar-refractivity contribution is -0.868. The lowest BCUT2D eigenvalue weighted by atomic mass is 9.94. The van der Waals surface area contributed by atoms with Crippen LogP contribution in [0, 0.1) is 0 Å². The maximum absolute atomic E-state index is 12.2. The highest BCUT2D eigenvalue weighted by Crippen LogP contribution is 2.34. The number of nitrogens with zero attached hydrogens (tertiary/aromatic N) is 4. The minimum Gasteiger partial charge on any atom is -1.00 e. The molecule has 2 amide bonds. The van der Waals surface area contributed by atoms with Gasteiger partial charge in [0.05, 0.1) is 45.6 Å². The van der Waals surface area contributed by atoms with Gasteiger partial charge in [-0.1, -0.05) is 12.1 Å². The number of rotatable bonds is 7. The van der Waals surface area contributed by atoms with Crippen LogP contribution in [0.4, 0.5) is 17.1 Å². The van der Waals surface area contributed by atoms with Crippen molar-refractivity contribution in [1.82, 2.24) is 5.32 Å². The van der Waals surface area contributed by atoms with Crippen molar-refractivity contribution in [3.63, 3.8) is 0 Å². The first kappa shape index (κ1) is 24.5. The van der Waals surface area contributed by atoms with Gasteiger partial charge in [0.15, 0.2) is 0 Å². The molecule has 0 aliphatic carbocycles. The van der Waals surface area contributed by atoms with E-state index in [1.54, 1.807) is 24.3 Å². The molecule has 0 spiro atoms. The van der Waals surface area contributed by atoms with Crippen LogP contribution in [0.15, 0.2) is 64.8 Å². The van der Waals surface area contributed by atoms with E-state index < -0.39 is 0 Å². The molecule has 4 rings (SSSR count). The Morgan fingerprint density at radius 1 is 0.879 bits per heavy atom. The van der Waals surface area contributed by atoms with Crippen LogP contribution in [0.2, 0.25) is 0 Å². The molecule has 1 aliphatic heterocycles. The minimum absolute atomic E-state index is 0. The topological polar surface area (TPSA) is 74.1 Å². The van der Waals surface area contributed by atoms with Gasteiger partial charge in [-0.25, -0.2) is 0 Å². The standard InChI is InChI=1S/C25H27N5O2.BrH/c1-5-29(15-16-30(2,3)4)18-11-9-17(10-12-18)27-28-22-14-13-21-23-19(22)7-6-8-20(23)24(31)26-25(21)32;/h6-14H,5,15-16H2,1-4H3;1H. The van der Waals surface area contributed by atoms with Crippen LogP contribution < -0.4 is 27.2 Å². The number of azo groups is 1. The molecule has 0 atom stereocenters. The summed E-state index contributed by atoms with van der Waals surface area (Å²) in [5.41, 5.74) is 3.48. The molecule has 1 aliphatic rings. The molecule has 0 radical (unpaired) electrons. The largest absolute Gasteiger partial charge is 1.00 e. The highest BCUT2D eigenvalue weighted by molar-refractivity contribution is 6.26. The summed E-state index contributed by atoms with van der Waals surface area (Å²) in [4.78, 5) is 26.7. The van der Waals surface area contributed by atoms with Gasteiger partial charge < -0.3 is 26.4 Å². The second kappa shape index (κ2) is 9.80. The van der Waals surface area contributed by atoms with E-state index in [0.29, 0.717) is 22.2 Å². The molecule has 0 saturated heterocycles. The second-order valence-electron chi connectivity index (χ2n) is 8.95. The third kappa shape index (κ3) is 5.29. The zero-order valence-corrected chi connectivity index (χ0v) is 20.9. The number of hydrogen-bond donors (Lipinski definition) is 1. The van der Waals surface area contributed by atoms with Crippen LogP contribution in [0.5, 0.6) is 0 Å². The van der Waals surface area contributed by atoms with Crippen LogP contribution in [-0.4, -0.2) is 57.1 Å². The summed E-state index contributed by atoms with van der Waals surface area (Å²) >= 11 is 0. The van der Waals surface area contributed by atoms with Crippen LogP contribution in [0.3, 0.4) is 0 Å². The molecule has 0 bridgehead atoms. The predicted molar refractivity (Wildman–Crippen MR) is 127 cm³/mol. The zero-order valence-electron chi connectivity index (χ0n) is 19.3. The average Bonchev–Trinajstić information content (AvgIpc) is 2.76. The van der Waals surface area contributed by atoms with Gasteiger partial charge in [-0.05, 0) is 49.4 Å². The van der Waals surface area contributed by atoms with E-state index in [9.17, 15) is 9.59 Å². The summed E-state index contributed by atoms with van der Waals surface area (Å²) in [6.07, 6.45) is 0. The van der Waals surface area contributed by atoms with Crippen LogP contribution in [0.1, 0.15) is 27.6 Å². The SMILES string of the molecule is CCN(CC[N+](C)(C)C)c1ccc(N=Nc2ccc3c4c(cccc24)C(=O)NC3=O)cc1.[Br-]. The smallest absolute Gasteiger partial charge is 0.258 e. The molecule has 3 aromatic rings. The highest BCUT2D eigenvalue weighted by atomic mass is 79.9. The average molecular weight is 510 g/mol. The number of quaternary nitrogens is 1. The van der Waals surface area contributed by atoms with E-state index in [2.05, 4.69) is 60.6 Å². The molecular formula is C25H28BrN5O2. The summed E-state index contributed by atoms with van der Waals surface area (Å²) in [6, 6.07) is 16.9. The number of carbonyl (C=O) groups is 2. The maximum atomic E-state index is 12.2. The predicted octanol–water partition coefficient (Wildman–Crippen LogP) is 1.68. The molecular weight excluding hydrogens is 482 g/mol. The molecule has 0 unspecified atom stereocenters. The number of anilines is 1. The monoisotopic (exact) mass is 509 g/mol. The summed E-state index contributed by atoms with van der Waals surface area (Å²) in [5, 5.41) is 12.6. The van der Waals surface area contributed by atoms with Crippen molar-refractivity contribution in [1.29, 1.82) is 0 Å². The van der Waals surface area contributed by atoms with Gasteiger partial charge in [-0.15, -0.1) is 5.11 Å². The number of carbonyl (C=O) groups excluding carboxylic acids is 2. The number of amides is 2. The number of benzene rings is 3. The first-order valence-electron chi connectivity index (χ1n) is 10.8. The fraction of sp³-hybridized carbons (Fsp3) is 0.280. The van der Waals surface area contributed by atoms with Gasteiger partial charge in [-0.2, -0.15) is 5.11 Å². The molecule has 1 N–H and O–H groups in total. The number of likely N-dealkylation sites (N-methyl/N-ethyl adjacent to an activating group) is 2. The van der Waals surface area contributed by atoms with E-state index >= 15 is 0 Å². The van der Waals surface area contributed by atoms with Gasteiger partial charge in [0.25, 0.3) is 11.8 Å². The second-order valence-corrected chi connectivity index (χ2v) is 8.95. The molecule has 7 nitrogen and oxygen atoms in total. The third-order valence-electron chi connectivity index (χ3n) is 5.64. The summed E-state index contributed by atoms with van der Waals surface area (Å²) < 4.78 is 0.921. The van der Waals surface area contributed by atoms with E-state index in [1.165, 1.54) is 0 Å². The van der Waals surface area contributed by atoms with Gasteiger partial charge in [0.2, 0.25) is 0 Å². The summed E-state index contributed by atoms with van der Waals surface area (Å²) in [6.45, 7) is 5.13. The van der Waals surface area contributed by atoms with E-state index in [4.69, 9.17) is 0 Å². The molecule has 172 valence electrons. The minimum atomic E-state index is -0.386. The van der Waals surface area contributed by atoms with Crippen molar-refractivity contribution in [3.8, 4) is 0 Å². The lowest BCUT2D eigenvalue weighted by Gasteiger charge is -2.29. The highest BCUT2D eigenvalue weighted by Gasteiger charge is 2.25. The first-order valence-corrected chi connectivity index (χ1v) is 10.8.